The van der Waals surface area contributed by atoms with Crippen LogP contribution in [0.1, 0.15) is 44.2 Å². The summed E-state index contributed by atoms with van der Waals surface area (Å²) in [7, 11) is 0. The van der Waals surface area contributed by atoms with Gasteiger partial charge in [-0.2, -0.15) is 0 Å². The molecule has 0 amide bonds. The highest BCUT2D eigenvalue weighted by molar-refractivity contribution is 5.85. The van der Waals surface area contributed by atoms with Crippen LogP contribution in [0.4, 0.5) is 0 Å². The average Bonchev–Trinajstić information content (AvgIpc) is 2.55. The monoisotopic (exact) mass is 333 g/mol. The molecule has 130 valence electrons. The van der Waals surface area contributed by atoms with E-state index in [4.69, 9.17) is 4.42 Å². The van der Waals surface area contributed by atoms with Gasteiger partial charge in [0, 0.05) is 18.0 Å². The fraction of sp³-hybridized carbons (Fsp3) is 0.444. The van der Waals surface area contributed by atoms with Gasteiger partial charge in [-0.1, -0.05) is 26.7 Å². The first-order valence-electron chi connectivity index (χ1n) is 8.21. The Labute approximate surface area is 140 Å². The smallest absolute Gasteiger partial charge is 0.336 e. The first kappa shape index (κ1) is 18.0. The van der Waals surface area contributed by atoms with Gasteiger partial charge in [-0.25, -0.2) is 4.79 Å². The lowest BCUT2D eigenvalue weighted by Gasteiger charge is -2.16. The molecule has 1 unspecified atom stereocenters. The number of carboxylic acid groups (broad SMARTS) is 1. The van der Waals surface area contributed by atoms with E-state index in [1.54, 1.807) is 12.1 Å². The third-order valence-corrected chi connectivity index (χ3v) is 4.13. The van der Waals surface area contributed by atoms with E-state index < -0.39 is 17.6 Å². The summed E-state index contributed by atoms with van der Waals surface area (Å²) in [5.74, 6) is -0.954. The summed E-state index contributed by atoms with van der Waals surface area (Å²) in [4.78, 5) is 23.1. The number of hydrogen-bond donors (Lipinski definition) is 3. The highest BCUT2D eigenvalue weighted by Gasteiger charge is 2.19. The van der Waals surface area contributed by atoms with Gasteiger partial charge in [0.1, 0.15) is 17.4 Å². The number of benzene rings is 1. The molecule has 2 rings (SSSR count). The molecule has 6 nitrogen and oxygen atoms in total. The van der Waals surface area contributed by atoms with E-state index in [1.165, 1.54) is 6.07 Å². The lowest BCUT2D eigenvalue weighted by Crippen LogP contribution is -2.36. The number of hydrogen-bond acceptors (Lipinski definition) is 5. The van der Waals surface area contributed by atoms with Crippen molar-refractivity contribution >= 4 is 16.9 Å². The number of rotatable bonds is 8. The number of carboxylic acids is 1. The number of phenols is 1. The Bertz CT molecular complexity index is 781. The molecule has 0 spiro atoms. The summed E-state index contributed by atoms with van der Waals surface area (Å²) in [6, 6.07) is 3.99. The molecule has 0 aliphatic rings. The Morgan fingerprint density at radius 2 is 2.08 bits per heavy atom. The fourth-order valence-corrected chi connectivity index (χ4v) is 2.75. The first-order chi connectivity index (χ1) is 11.5. The van der Waals surface area contributed by atoms with Crippen molar-refractivity contribution in [1.82, 2.24) is 5.32 Å². The zero-order valence-electron chi connectivity index (χ0n) is 14.0. The minimum Gasteiger partial charge on any atom is -0.507 e. The lowest BCUT2D eigenvalue weighted by molar-refractivity contribution is -0.139. The largest absolute Gasteiger partial charge is 0.507 e. The number of phenolic OH excluding ortho intramolecular Hbond substituents is 1. The van der Waals surface area contributed by atoms with Crippen molar-refractivity contribution < 1.29 is 19.4 Å². The van der Waals surface area contributed by atoms with Crippen LogP contribution < -0.4 is 10.9 Å². The van der Waals surface area contributed by atoms with E-state index in [2.05, 4.69) is 5.32 Å². The van der Waals surface area contributed by atoms with E-state index in [0.29, 0.717) is 24.0 Å². The minimum absolute atomic E-state index is 0.0222. The third kappa shape index (κ3) is 3.94. The molecular weight excluding hydrogens is 310 g/mol. The van der Waals surface area contributed by atoms with Crippen LogP contribution in [0.5, 0.6) is 5.75 Å². The molecule has 1 aromatic carbocycles. The summed E-state index contributed by atoms with van der Waals surface area (Å²) >= 11 is 0. The fourth-order valence-electron chi connectivity index (χ4n) is 2.75. The molecule has 1 heterocycles. The van der Waals surface area contributed by atoms with Crippen molar-refractivity contribution in [3.63, 3.8) is 0 Å². The van der Waals surface area contributed by atoms with Gasteiger partial charge < -0.3 is 19.9 Å². The number of aryl methyl sites for hydroxylation is 1. The molecule has 0 aliphatic carbocycles. The van der Waals surface area contributed by atoms with E-state index in [9.17, 15) is 19.8 Å². The Balaban J connectivity index is 2.37. The second kappa shape index (κ2) is 7.97. The predicted octanol–water partition coefficient (Wildman–Crippen LogP) is 2.79. The maximum absolute atomic E-state index is 11.8. The van der Waals surface area contributed by atoms with Gasteiger partial charge in [-0.15, -0.1) is 0 Å². The highest BCUT2D eigenvalue weighted by atomic mass is 16.4. The zero-order valence-corrected chi connectivity index (χ0v) is 14.0. The van der Waals surface area contributed by atoms with Crippen molar-refractivity contribution in [1.29, 1.82) is 0 Å². The molecule has 0 aliphatic heterocycles. The molecule has 0 fully saturated rings. The second-order valence-electron chi connectivity index (χ2n) is 5.80. The van der Waals surface area contributed by atoms with Crippen LogP contribution in [0.25, 0.3) is 11.0 Å². The van der Waals surface area contributed by atoms with Gasteiger partial charge in [0.2, 0.25) is 0 Å². The SMILES string of the molecule is CCCCC(NCc1c(O)ccc2c(CC)cc(=O)oc12)C(=O)O. The first-order valence-corrected chi connectivity index (χ1v) is 8.21. The minimum atomic E-state index is -0.932. The van der Waals surface area contributed by atoms with Crippen LogP contribution in [0.2, 0.25) is 0 Å². The van der Waals surface area contributed by atoms with Crippen molar-refractivity contribution in [2.45, 2.75) is 52.1 Å². The van der Waals surface area contributed by atoms with Gasteiger partial charge >= 0.3 is 11.6 Å². The Kier molecular flexibility index (Phi) is 5.98. The summed E-state index contributed by atoms with van der Waals surface area (Å²) in [6.07, 6.45) is 2.86. The standard InChI is InChI=1S/C18H23NO5/c1-3-5-6-14(18(22)23)19-10-13-15(20)8-7-12-11(4-2)9-16(21)24-17(12)13/h7-9,14,19-20H,3-6,10H2,1-2H3,(H,22,23). The maximum atomic E-state index is 11.8. The van der Waals surface area contributed by atoms with Crippen LogP contribution in [0, 0.1) is 0 Å². The van der Waals surface area contributed by atoms with Crippen LogP contribution in [-0.4, -0.2) is 22.2 Å². The van der Waals surface area contributed by atoms with Gasteiger partial charge in [0.25, 0.3) is 0 Å². The lowest BCUT2D eigenvalue weighted by atomic mass is 10.0. The second-order valence-corrected chi connectivity index (χ2v) is 5.80. The van der Waals surface area contributed by atoms with E-state index in [-0.39, 0.29) is 12.3 Å². The molecule has 0 saturated carbocycles. The topological polar surface area (TPSA) is 99.8 Å². The maximum Gasteiger partial charge on any atom is 0.336 e. The van der Waals surface area contributed by atoms with Crippen LogP contribution in [0.15, 0.2) is 27.4 Å². The van der Waals surface area contributed by atoms with Crippen LogP contribution in [-0.2, 0) is 17.8 Å². The van der Waals surface area contributed by atoms with Crippen LogP contribution >= 0.6 is 0 Å². The van der Waals surface area contributed by atoms with Crippen LogP contribution in [0.3, 0.4) is 0 Å². The van der Waals surface area contributed by atoms with E-state index in [1.807, 2.05) is 13.8 Å². The predicted molar refractivity (Wildman–Crippen MR) is 91.3 cm³/mol. The Morgan fingerprint density at radius 1 is 1.33 bits per heavy atom. The zero-order chi connectivity index (χ0) is 17.7. The van der Waals surface area contributed by atoms with Gasteiger partial charge in [0.15, 0.2) is 0 Å². The van der Waals surface area contributed by atoms with E-state index in [0.717, 1.165) is 23.8 Å². The molecule has 0 radical (unpaired) electrons. The molecule has 1 atom stereocenters. The van der Waals surface area contributed by atoms with Crippen molar-refractivity contribution in [2.24, 2.45) is 0 Å². The van der Waals surface area contributed by atoms with Gasteiger partial charge in [-0.05, 0) is 30.5 Å². The Hall–Kier alpha value is -2.34. The summed E-state index contributed by atoms with van der Waals surface area (Å²) in [5.41, 5.74) is 1.07. The number of fused-ring (bicyclic) bond motifs is 1. The number of unbranched alkanes of at least 4 members (excludes halogenated alkanes) is 1. The Morgan fingerprint density at radius 3 is 2.71 bits per heavy atom. The normalized spacial score (nSPS) is 12.4. The summed E-state index contributed by atoms with van der Waals surface area (Å²) in [6.45, 7) is 4.04. The number of nitrogens with one attached hydrogen (secondary N) is 1. The summed E-state index contributed by atoms with van der Waals surface area (Å²) < 4.78 is 5.29. The van der Waals surface area contributed by atoms with Crippen molar-refractivity contribution in [3.8, 4) is 5.75 Å². The molecular formula is C18H23NO5. The molecule has 3 N–H and O–H groups in total. The molecule has 6 heteroatoms. The third-order valence-electron chi connectivity index (χ3n) is 4.13. The van der Waals surface area contributed by atoms with E-state index >= 15 is 0 Å². The van der Waals surface area contributed by atoms with Gasteiger partial charge in [0.05, 0.1) is 5.56 Å². The highest BCUT2D eigenvalue weighted by Crippen LogP contribution is 2.28. The van der Waals surface area contributed by atoms with Crippen molar-refractivity contribution in [2.75, 3.05) is 0 Å². The average molecular weight is 333 g/mol. The molecule has 24 heavy (non-hydrogen) atoms. The molecule has 0 saturated heterocycles. The molecule has 0 bridgehead atoms. The quantitative estimate of drug-likeness (QED) is 0.642. The number of carbonyl (C=O) groups is 1. The molecule has 1 aromatic heterocycles. The summed E-state index contributed by atoms with van der Waals surface area (Å²) in [5, 5.41) is 23.1. The van der Waals surface area contributed by atoms with Crippen molar-refractivity contribution in [3.05, 3.63) is 39.7 Å². The molecule has 2 aromatic rings. The number of aromatic hydroxyl groups is 1. The van der Waals surface area contributed by atoms with Gasteiger partial charge in [-0.3, -0.25) is 4.79 Å². The number of aliphatic carboxylic acids is 1.